The van der Waals surface area contributed by atoms with E-state index < -0.39 is 10.0 Å². The zero-order valence-corrected chi connectivity index (χ0v) is 10.7. The predicted molar refractivity (Wildman–Crippen MR) is 67.1 cm³/mol. The Morgan fingerprint density at radius 2 is 2.00 bits per heavy atom. The molecule has 1 saturated heterocycles. The first-order valence-corrected chi connectivity index (χ1v) is 7.24. The Morgan fingerprint density at radius 3 is 2.56 bits per heavy atom. The summed E-state index contributed by atoms with van der Waals surface area (Å²) in [4.78, 5) is 0.218. The molecule has 0 bridgehead atoms. The molecule has 96 valence electrons. The molecule has 2 rings (SSSR count). The quantitative estimate of drug-likeness (QED) is 0.851. The number of rotatable bonds is 2. The van der Waals surface area contributed by atoms with Crippen molar-refractivity contribution in [1.82, 2.24) is 4.31 Å². The molecule has 18 heavy (non-hydrogen) atoms. The van der Waals surface area contributed by atoms with E-state index in [2.05, 4.69) is 0 Å². The van der Waals surface area contributed by atoms with Crippen molar-refractivity contribution in [2.45, 2.75) is 23.8 Å². The third-order valence-electron chi connectivity index (χ3n) is 3.04. The van der Waals surface area contributed by atoms with Crippen molar-refractivity contribution >= 4 is 10.0 Å². The van der Waals surface area contributed by atoms with Crippen LogP contribution in [-0.4, -0.2) is 31.9 Å². The van der Waals surface area contributed by atoms with Crippen LogP contribution in [0.25, 0.3) is 0 Å². The van der Waals surface area contributed by atoms with Crippen molar-refractivity contribution in [2.75, 3.05) is 13.1 Å². The molecule has 1 heterocycles. The highest BCUT2D eigenvalue weighted by Gasteiger charge is 2.28. The van der Waals surface area contributed by atoms with Crippen molar-refractivity contribution in [3.8, 4) is 6.07 Å². The van der Waals surface area contributed by atoms with Gasteiger partial charge in [0.05, 0.1) is 16.5 Å². The summed E-state index contributed by atoms with van der Waals surface area (Å²) in [7, 11) is -3.48. The summed E-state index contributed by atoms with van der Waals surface area (Å²) >= 11 is 0. The monoisotopic (exact) mass is 265 g/mol. The first-order chi connectivity index (χ1) is 8.54. The minimum absolute atomic E-state index is 0.0908. The first kappa shape index (κ1) is 13.0. The Bertz CT molecular complexity index is 560. The fraction of sp³-hybridized carbons (Fsp3) is 0.417. The maximum absolute atomic E-state index is 12.3. The van der Waals surface area contributed by atoms with Gasteiger partial charge in [-0.15, -0.1) is 0 Å². The summed E-state index contributed by atoms with van der Waals surface area (Å²) in [6.45, 7) is 0.873. The third-order valence-corrected chi connectivity index (χ3v) is 4.92. The lowest BCUT2D eigenvalue weighted by Gasteiger charge is -2.29. The van der Waals surface area contributed by atoms with E-state index in [-0.39, 0.29) is 10.9 Å². The van der Waals surface area contributed by atoms with Crippen molar-refractivity contribution in [1.29, 1.82) is 5.26 Å². The molecule has 1 aromatic rings. The molecule has 6 heteroatoms. The Morgan fingerprint density at radius 1 is 1.33 bits per heavy atom. The highest BCUT2D eigenvalue weighted by atomic mass is 32.2. The maximum atomic E-state index is 12.3. The second-order valence-electron chi connectivity index (χ2n) is 4.40. The summed E-state index contributed by atoms with van der Waals surface area (Å²) in [5, 5.41) is 8.69. The van der Waals surface area contributed by atoms with Crippen LogP contribution < -0.4 is 5.73 Å². The second-order valence-corrected chi connectivity index (χ2v) is 6.34. The van der Waals surface area contributed by atoms with E-state index in [1.54, 1.807) is 0 Å². The summed E-state index contributed by atoms with van der Waals surface area (Å²) in [6.07, 6.45) is 1.65. The number of nitrogens with two attached hydrogens (primary N) is 1. The van der Waals surface area contributed by atoms with Gasteiger partial charge in [0.15, 0.2) is 0 Å². The highest BCUT2D eigenvalue weighted by molar-refractivity contribution is 7.89. The van der Waals surface area contributed by atoms with Crippen molar-refractivity contribution in [3.63, 3.8) is 0 Å². The van der Waals surface area contributed by atoms with Crippen LogP contribution >= 0.6 is 0 Å². The summed E-state index contributed by atoms with van der Waals surface area (Å²) in [5.74, 6) is 0. The van der Waals surface area contributed by atoms with E-state index in [1.165, 1.54) is 28.6 Å². The summed E-state index contributed by atoms with van der Waals surface area (Å²) in [5.41, 5.74) is 6.24. The van der Waals surface area contributed by atoms with Crippen LogP contribution in [0.4, 0.5) is 0 Å². The molecule has 1 atom stereocenters. The molecule has 5 nitrogen and oxygen atoms in total. The molecule has 1 aliphatic heterocycles. The Balaban J connectivity index is 2.27. The van der Waals surface area contributed by atoms with Crippen LogP contribution in [0.3, 0.4) is 0 Å². The molecule has 0 unspecified atom stereocenters. The number of piperidine rings is 1. The Kier molecular flexibility index (Phi) is 3.66. The number of benzene rings is 1. The van der Waals surface area contributed by atoms with Crippen molar-refractivity contribution in [2.24, 2.45) is 5.73 Å². The third kappa shape index (κ3) is 2.53. The van der Waals surface area contributed by atoms with E-state index in [0.29, 0.717) is 18.7 Å². The van der Waals surface area contributed by atoms with Gasteiger partial charge in [0.1, 0.15) is 0 Å². The van der Waals surface area contributed by atoms with E-state index in [9.17, 15) is 8.42 Å². The lowest BCUT2D eigenvalue weighted by molar-refractivity contribution is 0.316. The van der Waals surface area contributed by atoms with Gasteiger partial charge in [0.25, 0.3) is 0 Å². The number of sulfonamides is 1. The minimum atomic E-state index is -3.48. The SMILES string of the molecule is N#Cc1ccc(S(=O)(=O)N2CCC[C@H](N)C2)cc1. The van der Waals surface area contributed by atoms with Gasteiger partial charge >= 0.3 is 0 Å². The van der Waals surface area contributed by atoms with Crippen LogP contribution in [0.1, 0.15) is 18.4 Å². The minimum Gasteiger partial charge on any atom is -0.327 e. The normalized spacial score (nSPS) is 21.4. The molecule has 1 aliphatic rings. The Hall–Kier alpha value is -1.42. The fourth-order valence-corrected chi connectivity index (χ4v) is 3.58. The summed E-state index contributed by atoms with van der Waals surface area (Å²) < 4.78 is 26.1. The van der Waals surface area contributed by atoms with Crippen LogP contribution in [-0.2, 0) is 10.0 Å². The van der Waals surface area contributed by atoms with Gasteiger partial charge in [-0.25, -0.2) is 8.42 Å². The average molecular weight is 265 g/mol. The molecule has 0 saturated carbocycles. The van der Waals surface area contributed by atoms with Gasteiger partial charge in [-0.2, -0.15) is 9.57 Å². The number of hydrogen-bond acceptors (Lipinski definition) is 4. The van der Waals surface area contributed by atoms with E-state index >= 15 is 0 Å². The van der Waals surface area contributed by atoms with E-state index in [0.717, 1.165) is 12.8 Å². The van der Waals surface area contributed by atoms with Crippen LogP contribution in [0.5, 0.6) is 0 Å². The van der Waals surface area contributed by atoms with Gasteiger partial charge in [0.2, 0.25) is 10.0 Å². The van der Waals surface area contributed by atoms with Gasteiger partial charge in [-0.1, -0.05) is 0 Å². The fourth-order valence-electron chi connectivity index (χ4n) is 2.04. The zero-order valence-electron chi connectivity index (χ0n) is 9.91. The van der Waals surface area contributed by atoms with Crippen LogP contribution in [0, 0.1) is 11.3 Å². The van der Waals surface area contributed by atoms with Gasteiger partial charge in [-0.3, -0.25) is 0 Å². The zero-order chi connectivity index (χ0) is 13.2. The molecule has 0 spiro atoms. The Labute approximate surface area is 107 Å². The van der Waals surface area contributed by atoms with Gasteiger partial charge in [0, 0.05) is 19.1 Å². The average Bonchev–Trinajstić information content (AvgIpc) is 2.39. The highest BCUT2D eigenvalue weighted by Crippen LogP contribution is 2.20. The standard InChI is InChI=1S/C12H15N3O2S/c13-8-10-3-5-12(6-4-10)18(16,17)15-7-1-2-11(14)9-15/h3-6,11H,1-2,7,9,14H2/t11-/m0/s1. The second kappa shape index (κ2) is 5.06. The summed E-state index contributed by atoms with van der Waals surface area (Å²) in [6, 6.07) is 7.83. The van der Waals surface area contributed by atoms with Gasteiger partial charge in [-0.05, 0) is 37.1 Å². The van der Waals surface area contributed by atoms with Crippen LogP contribution in [0.2, 0.25) is 0 Å². The number of nitrogens with zero attached hydrogens (tertiary/aromatic N) is 2. The first-order valence-electron chi connectivity index (χ1n) is 5.80. The van der Waals surface area contributed by atoms with Crippen LogP contribution in [0.15, 0.2) is 29.2 Å². The molecule has 0 aliphatic carbocycles. The smallest absolute Gasteiger partial charge is 0.243 e. The van der Waals surface area contributed by atoms with E-state index in [4.69, 9.17) is 11.0 Å². The number of hydrogen-bond donors (Lipinski definition) is 1. The van der Waals surface area contributed by atoms with Crippen molar-refractivity contribution in [3.05, 3.63) is 29.8 Å². The van der Waals surface area contributed by atoms with Gasteiger partial charge < -0.3 is 5.73 Å². The number of nitriles is 1. The molecule has 1 fully saturated rings. The maximum Gasteiger partial charge on any atom is 0.243 e. The topological polar surface area (TPSA) is 87.2 Å². The molecule has 0 radical (unpaired) electrons. The molecule has 1 aromatic carbocycles. The van der Waals surface area contributed by atoms with E-state index in [1.807, 2.05) is 6.07 Å². The lowest BCUT2D eigenvalue weighted by Crippen LogP contribution is -2.45. The lowest BCUT2D eigenvalue weighted by atomic mass is 10.1. The largest absolute Gasteiger partial charge is 0.327 e. The molecular formula is C12H15N3O2S. The van der Waals surface area contributed by atoms with Crippen molar-refractivity contribution < 1.29 is 8.42 Å². The molecular weight excluding hydrogens is 250 g/mol. The molecule has 0 amide bonds. The molecule has 2 N–H and O–H groups in total. The molecule has 0 aromatic heterocycles. The predicted octanol–water partition coefficient (Wildman–Crippen LogP) is 0.670.